The molecule has 0 saturated carbocycles. The van der Waals surface area contributed by atoms with E-state index in [9.17, 15) is 22.0 Å². The summed E-state index contributed by atoms with van der Waals surface area (Å²) in [5.41, 5.74) is -0.111. The van der Waals surface area contributed by atoms with E-state index in [0.717, 1.165) is 10.4 Å². The van der Waals surface area contributed by atoms with E-state index in [4.69, 9.17) is 5.11 Å². The summed E-state index contributed by atoms with van der Waals surface area (Å²) in [6.45, 7) is 1.45. The number of hydrogen-bond donors (Lipinski definition) is 2. The second-order valence-electron chi connectivity index (χ2n) is 5.52. The van der Waals surface area contributed by atoms with Crippen molar-refractivity contribution in [2.24, 2.45) is 5.92 Å². The van der Waals surface area contributed by atoms with E-state index in [0.29, 0.717) is 12.8 Å². The molecule has 0 spiro atoms. The van der Waals surface area contributed by atoms with Gasteiger partial charge in [0.2, 0.25) is 0 Å². The number of carbonyl (C=O) groups is 1. The molecule has 2 rings (SSSR count). The minimum absolute atomic E-state index is 0.111. The number of aliphatic carboxylic acids is 1. The van der Waals surface area contributed by atoms with Crippen molar-refractivity contribution in [2.45, 2.75) is 25.8 Å². The summed E-state index contributed by atoms with van der Waals surface area (Å²) in [5, 5.41) is 9.02. The molecule has 23 heavy (non-hydrogen) atoms. The van der Waals surface area contributed by atoms with Gasteiger partial charge in [0.1, 0.15) is 0 Å². The van der Waals surface area contributed by atoms with Crippen molar-refractivity contribution in [3.05, 3.63) is 35.4 Å². The highest BCUT2D eigenvalue weighted by atomic mass is 32.2. The monoisotopic (exact) mass is 348 g/mol. The third kappa shape index (κ3) is 4.04. The molecule has 1 aromatic rings. The topological polar surface area (TPSA) is 86.7 Å². The molecule has 6 nitrogen and oxygen atoms in total. The van der Waals surface area contributed by atoms with Crippen LogP contribution in [0.2, 0.25) is 0 Å². The molecule has 1 saturated heterocycles. The largest absolute Gasteiger partial charge is 0.481 e. The second-order valence-corrected chi connectivity index (χ2v) is 7.23. The van der Waals surface area contributed by atoms with E-state index >= 15 is 0 Å². The number of hydrogen-bond acceptors (Lipinski definition) is 3. The molecule has 1 aliphatic heterocycles. The van der Waals surface area contributed by atoms with Crippen molar-refractivity contribution in [1.82, 2.24) is 9.03 Å². The fourth-order valence-electron chi connectivity index (χ4n) is 2.58. The van der Waals surface area contributed by atoms with E-state index in [1.54, 1.807) is 0 Å². The molecule has 0 amide bonds. The summed E-state index contributed by atoms with van der Waals surface area (Å²) in [5.74, 6) is -3.97. The van der Waals surface area contributed by atoms with Crippen LogP contribution in [0.15, 0.2) is 18.2 Å². The van der Waals surface area contributed by atoms with E-state index in [1.165, 1.54) is 19.1 Å². The Morgan fingerprint density at radius 1 is 1.43 bits per heavy atom. The highest BCUT2D eigenvalue weighted by molar-refractivity contribution is 7.87. The summed E-state index contributed by atoms with van der Waals surface area (Å²) in [7, 11) is -4.00. The number of rotatable bonds is 5. The maximum Gasteiger partial charge on any atom is 0.307 e. The molecule has 9 heteroatoms. The van der Waals surface area contributed by atoms with Crippen LogP contribution >= 0.6 is 0 Å². The summed E-state index contributed by atoms with van der Waals surface area (Å²) in [6, 6.07) is 2.55. The summed E-state index contributed by atoms with van der Waals surface area (Å²) in [4.78, 5) is 11.0. The Balaban J connectivity index is 2.14. The van der Waals surface area contributed by atoms with Gasteiger partial charge in [-0.2, -0.15) is 17.4 Å². The van der Waals surface area contributed by atoms with Gasteiger partial charge in [0.25, 0.3) is 10.2 Å². The van der Waals surface area contributed by atoms with Crippen LogP contribution in [0.4, 0.5) is 8.78 Å². The Hall–Kier alpha value is -1.58. The number of carboxylic acids is 1. The first-order valence-corrected chi connectivity index (χ1v) is 8.60. The summed E-state index contributed by atoms with van der Waals surface area (Å²) < 4.78 is 55.0. The molecule has 1 aliphatic rings. The minimum atomic E-state index is -4.00. The Morgan fingerprint density at radius 2 is 2.13 bits per heavy atom. The van der Waals surface area contributed by atoms with Gasteiger partial charge in [0, 0.05) is 24.7 Å². The fraction of sp³-hybridized carbons (Fsp3) is 0.500. The lowest BCUT2D eigenvalue weighted by Gasteiger charge is -2.31. The van der Waals surface area contributed by atoms with Crippen LogP contribution in [0.3, 0.4) is 0 Å². The van der Waals surface area contributed by atoms with Crippen molar-refractivity contribution >= 4 is 16.2 Å². The number of piperidine rings is 1. The number of benzene rings is 1. The van der Waals surface area contributed by atoms with Gasteiger partial charge in [-0.25, -0.2) is 8.78 Å². The summed E-state index contributed by atoms with van der Waals surface area (Å²) >= 11 is 0. The van der Waals surface area contributed by atoms with Crippen LogP contribution in [-0.4, -0.2) is 36.9 Å². The zero-order valence-electron chi connectivity index (χ0n) is 12.5. The average Bonchev–Trinajstić information content (AvgIpc) is 2.49. The smallest absolute Gasteiger partial charge is 0.307 e. The van der Waals surface area contributed by atoms with Crippen molar-refractivity contribution in [3.8, 4) is 0 Å². The maximum absolute atomic E-state index is 13.7. The van der Waals surface area contributed by atoms with E-state index in [-0.39, 0.29) is 18.7 Å². The molecule has 0 bridgehead atoms. The van der Waals surface area contributed by atoms with Crippen LogP contribution in [0.25, 0.3) is 0 Å². The van der Waals surface area contributed by atoms with Crippen LogP contribution in [-0.2, 0) is 15.0 Å². The standard InChI is InChI=1S/C14H18F2N2O4S/c1-9(11-5-2-6-12(15)13(11)16)17-23(21,22)18-7-3-4-10(8-18)14(19)20/h2,5-6,9-10,17H,3-4,7-8H2,1H3,(H,19,20). The van der Waals surface area contributed by atoms with Gasteiger partial charge in [-0.05, 0) is 25.8 Å². The first kappa shape index (κ1) is 17.8. The molecular formula is C14H18F2N2O4S. The number of nitrogens with one attached hydrogen (secondary N) is 1. The molecule has 0 aliphatic carbocycles. The van der Waals surface area contributed by atoms with Crippen LogP contribution in [0.5, 0.6) is 0 Å². The van der Waals surface area contributed by atoms with Crippen LogP contribution in [0.1, 0.15) is 31.4 Å². The van der Waals surface area contributed by atoms with Crippen molar-refractivity contribution in [2.75, 3.05) is 13.1 Å². The Bertz CT molecular complexity index is 696. The normalized spacial score (nSPS) is 21.1. The van der Waals surface area contributed by atoms with Crippen molar-refractivity contribution in [3.63, 3.8) is 0 Å². The van der Waals surface area contributed by atoms with Gasteiger partial charge in [0.05, 0.1) is 5.92 Å². The number of halogens is 2. The highest BCUT2D eigenvalue weighted by Crippen LogP contribution is 2.23. The second kappa shape index (κ2) is 6.90. The molecular weight excluding hydrogens is 330 g/mol. The van der Waals surface area contributed by atoms with E-state index in [2.05, 4.69) is 4.72 Å². The molecule has 2 unspecified atom stereocenters. The van der Waals surface area contributed by atoms with Crippen LogP contribution < -0.4 is 4.72 Å². The first-order chi connectivity index (χ1) is 10.7. The Labute approximate surface area is 133 Å². The van der Waals surface area contributed by atoms with Crippen molar-refractivity contribution in [1.29, 1.82) is 0 Å². The van der Waals surface area contributed by atoms with Crippen LogP contribution in [0, 0.1) is 17.6 Å². The molecule has 128 valence electrons. The van der Waals surface area contributed by atoms with Gasteiger partial charge in [-0.3, -0.25) is 4.79 Å². The highest BCUT2D eigenvalue weighted by Gasteiger charge is 2.33. The third-order valence-corrected chi connectivity index (χ3v) is 5.51. The predicted molar refractivity (Wildman–Crippen MR) is 78.8 cm³/mol. The van der Waals surface area contributed by atoms with Gasteiger partial charge >= 0.3 is 5.97 Å². The van der Waals surface area contributed by atoms with Gasteiger partial charge < -0.3 is 5.11 Å². The molecule has 1 heterocycles. The zero-order chi connectivity index (χ0) is 17.2. The van der Waals surface area contributed by atoms with Gasteiger partial charge in [-0.1, -0.05) is 12.1 Å². The van der Waals surface area contributed by atoms with Gasteiger partial charge in [0.15, 0.2) is 11.6 Å². The molecule has 2 atom stereocenters. The van der Waals surface area contributed by atoms with E-state index < -0.39 is 39.8 Å². The quantitative estimate of drug-likeness (QED) is 0.847. The average molecular weight is 348 g/mol. The van der Waals surface area contributed by atoms with E-state index in [1.807, 2.05) is 0 Å². The molecule has 2 N–H and O–H groups in total. The molecule has 0 aromatic heterocycles. The number of carboxylic acid groups (broad SMARTS) is 1. The molecule has 1 aromatic carbocycles. The zero-order valence-corrected chi connectivity index (χ0v) is 13.3. The molecule has 0 radical (unpaired) electrons. The minimum Gasteiger partial charge on any atom is -0.481 e. The fourth-order valence-corrected chi connectivity index (χ4v) is 4.05. The Kier molecular flexibility index (Phi) is 5.33. The number of nitrogens with zero attached hydrogens (tertiary/aromatic N) is 1. The lowest BCUT2D eigenvalue weighted by molar-refractivity contribution is -0.142. The first-order valence-electron chi connectivity index (χ1n) is 7.16. The maximum atomic E-state index is 13.7. The van der Waals surface area contributed by atoms with Crippen molar-refractivity contribution < 1.29 is 27.1 Å². The SMILES string of the molecule is CC(NS(=O)(=O)N1CCCC(C(=O)O)C1)c1cccc(F)c1F. The van der Waals surface area contributed by atoms with Gasteiger partial charge in [-0.15, -0.1) is 0 Å². The molecule has 1 fully saturated rings. The predicted octanol–water partition coefficient (Wildman–Crippen LogP) is 1.66. The lowest BCUT2D eigenvalue weighted by Crippen LogP contribution is -2.48. The third-order valence-electron chi connectivity index (χ3n) is 3.85. The Morgan fingerprint density at radius 3 is 2.78 bits per heavy atom. The lowest BCUT2D eigenvalue weighted by atomic mass is 10.0. The summed E-state index contributed by atoms with van der Waals surface area (Å²) in [6.07, 6.45) is 0.843.